The monoisotopic (exact) mass is 470 g/mol. The SMILES string of the molecule is CC(C)(C)CNCc1ccc2c(c1O)C(O)=C1C(=O)C3(O)C(O)=C(C(N)=O)C(=O)CC3CC1C2. The molecule has 1 fully saturated rings. The smallest absolute Gasteiger partial charge is 0.255 e. The van der Waals surface area contributed by atoms with Gasteiger partial charge in [0.25, 0.3) is 5.91 Å². The quantitative estimate of drug-likeness (QED) is 0.360. The van der Waals surface area contributed by atoms with Crippen LogP contribution in [0.4, 0.5) is 0 Å². The van der Waals surface area contributed by atoms with Crippen LogP contribution in [0.25, 0.3) is 5.76 Å². The van der Waals surface area contributed by atoms with Crippen molar-refractivity contribution >= 4 is 23.2 Å². The van der Waals surface area contributed by atoms with E-state index in [1.54, 1.807) is 12.1 Å². The lowest BCUT2D eigenvalue weighted by Crippen LogP contribution is -2.58. The number of Topliss-reactive ketones (excluding diaryl/α,β-unsaturated/α-hetero) is 2. The number of phenols is 1. The molecule has 0 aliphatic heterocycles. The average molecular weight is 471 g/mol. The summed E-state index contributed by atoms with van der Waals surface area (Å²) in [4.78, 5) is 37.5. The summed E-state index contributed by atoms with van der Waals surface area (Å²) in [5.74, 6) is -6.15. The predicted molar refractivity (Wildman–Crippen MR) is 123 cm³/mol. The lowest BCUT2D eigenvalue weighted by molar-refractivity contribution is -0.147. The molecule has 1 aromatic carbocycles. The Bertz CT molecular complexity index is 1170. The first kappa shape index (κ1) is 24.0. The van der Waals surface area contributed by atoms with Gasteiger partial charge in [-0.15, -0.1) is 0 Å². The third kappa shape index (κ3) is 3.59. The number of hydrogen-bond donors (Lipinski definition) is 6. The van der Waals surface area contributed by atoms with Crippen molar-refractivity contribution < 1.29 is 34.8 Å². The average Bonchev–Trinajstić information content (AvgIpc) is 2.71. The fourth-order valence-corrected chi connectivity index (χ4v) is 5.35. The number of nitrogens with one attached hydrogen (secondary N) is 1. The first-order valence-electron chi connectivity index (χ1n) is 11.3. The van der Waals surface area contributed by atoms with Crippen molar-refractivity contribution in [3.05, 3.63) is 45.7 Å². The molecule has 9 heteroatoms. The molecule has 9 nitrogen and oxygen atoms in total. The fraction of sp³-hybridized carbons (Fsp3) is 0.480. The maximum absolute atomic E-state index is 13.5. The maximum Gasteiger partial charge on any atom is 0.255 e. The van der Waals surface area contributed by atoms with Gasteiger partial charge in [-0.05, 0) is 29.7 Å². The van der Waals surface area contributed by atoms with Gasteiger partial charge in [0, 0.05) is 36.6 Å². The first-order valence-corrected chi connectivity index (χ1v) is 11.3. The van der Waals surface area contributed by atoms with Crippen molar-refractivity contribution in [1.82, 2.24) is 5.32 Å². The molecule has 3 aliphatic carbocycles. The molecule has 0 saturated heterocycles. The number of benzene rings is 1. The van der Waals surface area contributed by atoms with Gasteiger partial charge in [-0.3, -0.25) is 14.4 Å². The lowest BCUT2D eigenvalue weighted by atomic mass is 9.59. The van der Waals surface area contributed by atoms with Gasteiger partial charge in [-0.1, -0.05) is 32.9 Å². The van der Waals surface area contributed by atoms with Crippen LogP contribution in [0, 0.1) is 17.3 Å². The summed E-state index contributed by atoms with van der Waals surface area (Å²) in [5, 5.41) is 47.2. The third-order valence-electron chi connectivity index (χ3n) is 6.99. The van der Waals surface area contributed by atoms with E-state index >= 15 is 0 Å². The lowest BCUT2D eigenvalue weighted by Gasteiger charge is -2.46. The molecular weight excluding hydrogens is 440 g/mol. The molecule has 0 radical (unpaired) electrons. The first-order chi connectivity index (χ1) is 15.8. The number of aliphatic hydroxyl groups is 3. The Balaban J connectivity index is 1.77. The number of fused-ring (bicyclic) bond motifs is 3. The number of nitrogens with two attached hydrogens (primary N) is 1. The number of aliphatic hydroxyl groups excluding tert-OH is 2. The van der Waals surface area contributed by atoms with Crippen LogP contribution in [-0.4, -0.2) is 50.0 Å². The van der Waals surface area contributed by atoms with Crippen molar-refractivity contribution in [3.63, 3.8) is 0 Å². The van der Waals surface area contributed by atoms with E-state index in [1.165, 1.54) is 0 Å². The summed E-state index contributed by atoms with van der Waals surface area (Å²) in [7, 11) is 0. The Morgan fingerprint density at radius 3 is 2.47 bits per heavy atom. The van der Waals surface area contributed by atoms with Crippen LogP contribution < -0.4 is 11.1 Å². The van der Waals surface area contributed by atoms with Crippen LogP contribution in [-0.2, 0) is 27.3 Å². The van der Waals surface area contributed by atoms with E-state index in [2.05, 4.69) is 26.1 Å². The van der Waals surface area contributed by atoms with Gasteiger partial charge >= 0.3 is 0 Å². The van der Waals surface area contributed by atoms with Crippen molar-refractivity contribution in [2.24, 2.45) is 23.0 Å². The second-order valence-electron chi connectivity index (χ2n) is 10.7. The minimum absolute atomic E-state index is 0.0301. The van der Waals surface area contributed by atoms with E-state index in [4.69, 9.17) is 5.73 Å². The Morgan fingerprint density at radius 2 is 1.85 bits per heavy atom. The zero-order valence-electron chi connectivity index (χ0n) is 19.4. The standard InChI is InChI=1S/C25H30N2O7/c1-24(2,3)10-27-9-12-5-4-11-6-13-7-14-8-15(28)18(23(26)33)22(32)25(14,34)21(31)17(13)20(30)16(11)19(12)29/h4-5,13-14,27,29-30,32,34H,6-10H2,1-3H3,(H2,26,33). The van der Waals surface area contributed by atoms with Gasteiger partial charge in [0.2, 0.25) is 5.78 Å². The summed E-state index contributed by atoms with van der Waals surface area (Å²) >= 11 is 0. The summed E-state index contributed by atoms with van der Waals surface area (Å²) in [6.45, 7) is 7.25. The Hall–Kier alpha value is -3.17. The summed E-state index contributed by atoms with van der Waals surface area (Å²) < 4.78 is 0. The zero-order chi connectivity index (χ0) is 25.2. The number of amides is 1. The molecule has 0 bridgehead atoms. The molecule has 1 saturated carbocycles. The maximum atomic E-state index is 13.5. The van der Waals surface area contributed by atoms with Crippen LogP contribution >= 0.6 is 0 Å². The molecule has 34 heavy (non-hydrogen) atoms. The summed E-state index contributed by atoms with van der Waals surface area (Å²) in [6.07, 6.45) is 0.0990. The molecule has 1 aromatic rings. The number of carbonyl (C=O) groups is 3. The highest BCUT2D eigenvalue weighted by Gasteiger charge is 2.60. The number of ketones is 2. The second kappa shape index (κ2) is 7.95. The van der Waals surface area contributed by atoms with Gasteiger partial charge in [0.1, 0.15) is 22.8 Å². The van der Waals surface area contributed by atoms with E-state index in [-0.39, 0.29) is 35.1 Å². The van der Waals surface area contributed by atoms with Crippen molar-refractivity contribution in [2.75, 3.05) is 6.54 Å². The van der Waals surface area contributed by atoms with Gasteiger partial charge in [-0.25, -0.2) is 0 Å². The molecule has 1 amide bonds. The summed E-state index contributed by atoms with van der Waals surface area (Å²) in [6, 6.07) is 3.55. The molecule has 7 N–H and O–H groups in total. The molecule has 4 rings (SSSR count). The normalized spacial score (nSPS) is 26.8. The van der Waals surface area contributed by atoms with Crippen LogP contribution in [0.15, 0.2) is 29.0 Å². The molecular formula is C25H30N2O7. The van der Waals surface area contributed by atoms with Crippen molar-refractivity contribution in [2.45, 2.75) is 52.2 Å². The molecule has 3 unspecified atom stereocenters. The molecule has 0 aromatic heterocycles. The second-order valence-corrected chi connectivity index (χ2v) is 10.7. The fourth-order valence-electron chi connectivity index (χ4n) is 5.35. The number of carbonyl (C=O) groups excluding carboxylic acids is 3. The minimum Gasteiger partial charge on any atom is -0.508 e. The van der Waals surface area contributed by atoms with Crippen LogP contribution in [0.5, 0.6) is 5.75 Å². The van der Waals surface area contributed by atoms with Gasteiger partial charge in [0.15, 0.2) is 11.4 Å². The van der Waals surface area contributed by atoms with Crippen LogP contribution in [0.1, 0.15) is 50.3 Å². The van der Waals surface area contributed by atoms with E-state index in [9.17, 15) is 34.8 Å². The molecule has 3 atom stereocenters. The van der Waals surface area contributed by atoms with Gasteiger partial charge in [-0.2, -0.15) is 0 Å². The van der Waals surface area contributed by atoms with E-state index in [1.807, 2.05) is 0 Å². The number of primary amides is 1. The number of phenolic OH excluding ortho intramolecular Hbond substituents is 1. The van der Waals surface area contributed by atoms with E-state index in [0.29, 0.717) is 30.6 Å². The highest BCUT2D eigenvalue weighted by atomic mass is 16.3. The van der Waals surface area contributed by atoms with E-state index in [0.717, 1.165) is 0 Å². The molecule has 182 valence electrons. The minimum atomic E-state index is -2.54. The third-order valence-corrected chi connectivity index (χ3v) is 6.99. The molecule has 0 spiro atoms. The number of hydrogen-bond acceptors (Lipinski definition) is 8. The number of rotatable bonds is 4. The Kier molecular flexibility index (Phi) is 5.61. The topological polar surface area (TPSA) is 170 Å². The van der Waals surface area contributed by atoms with Crippen LogP contribution in [0.3, 0.4) is 0 Å². The highest BCUT2D eigenvalue weighted by Crippen LogP contribution is 2.52. The van der Waals surface area contributed by atoms with E-state index < -0.39 is 52.0 Å². The summed E-state index contributed by atoms with van der Waals surface area (Å²) in [5.41, 5.74) is 3.05. The predicted octanol–water partition coefficient (Wildman–Crippen LogP) is 1.56. The highest BCUT2D eigenvalue weighted by molar-refractivity contribution is 6.22. The van der Waals surface area contributed by atoms with Crippen LogP contribution in [0.2, 0.25) is 0 Å². The van der Waals surface area contributed by atoms with Crippen molar-refractivity contribution in [1.29, 1.82) is 0 Å². The zero-order valence-corrected chi connectivity index (χ0v) is 19.4. The van der Waals surface area contributed by atoms with Crippen molar-refractivity contribution in [3.8, 4) is 5.75 Å². The van der Waals surface area contributed by atoms with Gasteiger partial charge in [0.05, 0.1) is 5.56 Å². The Labute approximate surface area is 197 Å². The molecule has 0 heterocycles. The Morgan fingerprint density at radius 1 is 1.18 bits per heavy atom. The molecule has 3 aliphatic rings. The van der Waals surface area contributed by atoms with Gasteiger partial charge < -0.3 is 31.5 Å². The number of aromatic hydroxyl groups is 1. The largest absolute Gasteiger partial charge is 0.508 e.